The molecule has 0 radical (unpaired) electrons. The van der Waals surface area contributed by atoms with Gasteiger partial charge in [-0.25, -0.2) is 9.59 Å². The molecule has 1 aromatic rings. The van der Waals surface area contributed by atoms with Crippen LogP contribution in [0.4, 0.5) is 4.79 Å². The van der Waals surface area contributed by atoms with Crippen molar-refractivity contribution < 1.29 is 19.8 Å². The minimum Gasteiger partial charge on any atom is -0.480 e. The van der Waals surface area contributed by atoms with Crippen molar-refractivity contribution in [2.45, 2.75) is 39.0 Å². The number of thiophene rings is 1. The first-order valence-electron chi connectivity index (χ1n) is 6.34. The molecule has 0 bridgehead atoms. The van der Waals surface area contributed by atoms with E-state index >= 15 is 0 Å². The molecule has 4 N–H and O–H groups in total. The number of carboxylic acid groups (broad SMARTS) is 1. The number of carbonyl (C=O) groups is 2. The van der Waals surface area contributed by atoms with Crippen molar-refractivity contribution in [1.29, 1.82) is 0 Å². The van der Waals surface area contributed by atoms with E-state index in [1.165, 1.54) is 18.3 Å². The van der Waals surface area contributed by atoms with E-state index in [0.717, 1.165) is 4.88 Å². The quantitative estimate of drug-likeness (QED) is 0.641. The summed E-state index contributed by atoms with van der Waals surface area (Å²) in [6.07, 6.45) is -1.17. The minimum absolute atomic E-state index is 0.161. The Balaban J connectivity index is 2.70. The van der Waals surface area contributed by atoms with Crippen molar-refractivity contribution in [1.82, 2.24) is 10.6 Å². The predicted octanol–water partition coefficient (Wildman–Crippen LogP) is 1.58. The zero-order valence-electron chi connectivity index (χ0n) is 11.7. The fraction of sp³-hybridized carbons (Fsp3) is 0.538. The van der Waals surface area contributed by atoms with Gasteiger partial charge in [-0.1, -0.05) is 19.9 Å². The molecule has 1 unspecified atom stereocenters. The van der Waals surface area contributed by atoms with E-state index in [-0.39, 0.29) is 12.0 Å². The number of amides is 2. The number of aliphatic carboxylic acids is 1. The Morgan fingerprint density at radius 1 is 1.25 bits per heavy atom. The van der Waals surface area contributed by atoms with E-state index in [2.05, 4.69) is 10.6 Å². The molecule has 7 heteroatoms. The third-order valence-electron chi connectivity index (χ3n) is 2.84. The lowest BCUT2D eigenvalue weighted by molar-refractivity contribution is -0.141. The summed E-state index contributed by atoms with van der Waals surface area (Å²) in [7, 11) is 0. The summed E-state index contributed by atoms with van der Waals surface area (Å²) in [4.78, 5) is 23.8. The van der Waals surface area contributed by atoms with E-state index in [9.17, 15) is 14.7 Å². The van der Waals surface area contributed by atoms with Crippen molar-refractivity contribution in [2.75, 3.05) is 0 Å². The molecule has 2 amide bonds. The van der Waals surface area contributed by atoms with Gasteiger partial charge in [0.2, 0.25) is 0 Å². The second kappa shape index (κ2) is 7.25. The standard InChI is InChI=1S/C13H20N2O4S/c1-7(2)10(9-5-4-6-20-9)14-13(19)15-11(8(3)16)12(17)18/h4-8,10-11,16H,1-3H3,(H,17,18)(H2,14,15,19)/t8-,10?,11+/m1/s1. The third kappa shape index (κ3) is 4.50. The Hall–Kier alpha value is -1.60. The number of nitrogens with one attached hydrogen (secondary N) is 2. The zero-order chi connectivity index (χ0) is 15.3. The lowest BCUT2D eigenvalue weighted by Gasteiger charge is -2.23. The van der Waals surface area contributed by atoms with Crippen LogP contribution < -0.4 is 10.6 Å². The summed E-state index contributed by atoms with van der Waals surface area (Å²) < 4.78 is 0. The van der Waals surface area contributed by atoms with Crippen LogP contribution in [0.1, 0.15) is 31.7 Å². The van der Waals surface area contributed by atoms with Crippen molar-refractivity contribution in [3.63, 3.8) is 0 Å². The highest BCUT2D eigenvalue weighted by atomic mass is 32.1. The number of aliphatic hydroxyl groups excluding tert-OH is 1. The van der Waals surface area contributed by atoms with Gasteiger partial charge >= 0.3 is 12.0 Å². The number of hydrogen-bond donors (Lipinski definition) is 4. The van der Waals surface area contributed by atoms with Gasteiger partial charge in [-0.2, -0.15) is 0 Å². The molecular weight excluding hydrogens is 280 g/mol. The summed E-state index contributed by atoms with van der Waals surface area (Å²) in [6.45, 7) is 5.25. The lowest BCUT2D eigenvalue weighted by Crippen LogP contribution is -2.52. The monoisotopic (exact) mass is 300 g/mol. The average molecular weight is 300 g/mol. The molecule has 1 rings (SSSR count). The molecule has 0 spiro atoms. The molecule has 0 saturated heterocycles. The van der Waals surface area contributed by atoms with Crippen LogP contribution in [-0.2, 0) is 4.79 Å². The normalized spacial score (nSPS) is 15.4. The maximum atomic E-state index is 11.9. The highest BCUT2D eigenvalue weighted by Gasteiger charge is 2.27. The molecule has 112 valence electrons. The zero-order valence-corrected chi connectivity index (χ0v) is 12.5. The largest absolute Gasteiger partial charge is 0.480 e. The molecule has 0 aromatic carbocycles. The van der Waals surface area contributed by atoms with Crippen LogP contribution in [0, 0.1) is 5.92 Å². The fourth-order valence-electron chi connectivity index (χ4n) is 1.75. The van der Waals surface area contributed by atoms with Gasteiger partial charge in [0.15, 0.2) is 6.04 Å². The smallest absolute Gasteiger partial charge is 0.328 e. The summed E-state index contributed by atoms with van der Waals surface area (Å²) in [5.41, 5.74) is 0. The van der Waals surface area contributed by atoms with E-state index in [1.807, 2.05) is 31.4 Å². The van der Waals surface area contributed by atoms with Crippen molar-refractivity contribution in [3.8, 4) is 0 Å². The Labute approximate surface area is 121 Å². The van der Waals surface area contributed by atoms with Crippen LogP contribution in [-0.4, -0.2) is 34.4 Å². The molecule has 0 aliphatic carbocycles. The molecule has 1 aromatic heterocycles. The Kier molecular flexibility index (Phi) is 5.97. The average Bonchev–Trinajstić information content (AvgIpc) is 2.85. The first-order valence-corrected chi connectivity index (χ1v) is 7.22. The van der Waals surface area contributed by atoms with E-state index in [0.29, 0.717) is 0 Å². The SMILES string of the molecule is CC(C)C(NC(=O)N[C@H](C(=O)O)[C@@H](C)O)c1cccs1. The number of aliphatic hydroxyl groups is 1. The number of hydrogen-bond acceptors (Lipinski definition) is 4. The summed E-state index contributed by atoms with van der Waals surface area (Å²) >= 11 is 1.52. The Bertz CT molecular complexity index is 445. The first kappa shape index (κ1) is 16.5. The molecule has 20 heavy (non-hydrogen) atoms. The van der Waals surface area contributed by atoms with E-state index in [1.54, 1.807) is 0 Å². The van der Waals surface area contributed by atoms with Gasteiger partial charge < -0.3 is 20.8 Å². The highest BCUT2D eigenvalue weighted by Crippen LogP contribution is 2.25. The minimum atomic E-state index is -1.33. The van der Waals surface area contributed by atoms with Gasteiger partial charge in [0.1, 0.15) is 0 Å². The molecule has 3 atom stereocenters. The van der Waals surface area contributed by atoms with Crippen LogP contribution in [0.15, 0.2) is 17.5 Å². The predicted molar refractivity (Wildman–Crippen MR) is 76.7 cm³/mol. The summed E-state index contributed by atoms with van der Waals surface area (Å²) in [5, 5.41) is 25.2. The number of carbonyl (C=O) groups excluding carboxylic acids is 1. The van der Waals surface area contributed by atoms with Gasteiger partial charge in [0, 0.05) is 4.88 Å². The Morgan fingerprint density at radius 3 is 2.30 bits per heavy atom. The molecule has 6 nitrogen and oxygen atoms in total. The third-order valence-corrected chi connectivity index (χ3v) is 3.79. The van der Waals surface area contributed by atoms with Gasteiger partial charge in [0.05, 0.1) is 12.1 Å². The molecule has 0 fully saturated rings. The second-order valence-electron chi connectivity index (χ2n) is 4.91. The number of carboxylic acids is 1. The van der Waals surface area contributed by atoms with E-state index < -0.39 is 24.1 Å². The molecule has 0 saturated carbocycles. The topological polar surface area (TPSA) is 98.7 Å². The van der Waals surface area contributed by atoms with Gasteiger partial charge in [-0.15, -0.1) is 11.3 Å². The van der Waals surface area contributed by atoms with Gasteiger partial charge in [0.25, 0.3) is 0 Å². The van der Waals surface area contributed by atoms with Crippen LogP contribution in [0.5, 0.6) is 0 Å². The maximum Gasteiger partial charge on any atom is 0.328 e. The molecular formula is C13H20N2O4S. The van der Waals surface area contributed by atoms with Crippen molar-refractivity contribution in [3.05, 3.63) is 22.4 Å². The summed E-state index contributed by atoms with van der Waals surface area (Å²) in [6, 6.07) is 1.68. The summed E-state index contributed by atoms with van der Waals surface area (Å²) in [5.74, 6) is -1.11. The fourth-order valence-corrected chi connectivity index (χ4v) is 2.70. The molecule has 0 aliphatic rings. The Morgan fingerprint density at radius 2 is 1.90 bits per heavy atom. The lowest BCUT2D eigenvalue weighted by atomic mass is 10.0. The number of rotatable bonds is 6. The maximum absolute atomic E-state index is 11.9. The van der Waals surface area contributed by atoms with Crippen LogP contribution in [0.3, 0.4) is 0 Å². The van der Waals surface area contributed by atoms with Crippen LogP contribution >= 0.6 is 11.3 Å². The second-order valence-corrected chi connectivity index (χ2v) is 5.89. The van der Waals surface area contributed by atoms with Gasteiger partial charge in [-0.3, -0.25) is 0 Å². The van der Waals surface area contributed by atoms with Crippen molar-refractivity contribution in [2.24, 2.45) is 5.92 Å². The number of urea groups is 1. The first-order chi connectivity index (χ1) is 9.32. The molecule has 0 aliphatic heterocycles. The van der Waals surface area contributed by atoms with Crippen LogP contribution in [0.2, 0.25) is 0 Å². The highest BCUT2D eigenvalue weighted by molar-refractivity contribution is 7.10. The molecule has 1 heterocycles. The van der Waals surface area contributed by atoms with Crippen molar-refractivity contribution >= 4 is 23.3 Å². The van der Waals surface area contributed by atoms with Gasteiger partial charge in [-0.05, 0) is 24.3 Å². The van der Waals surface area contributed by atoms with Crippen LogP contribution in [0.25, 0.3) is 0 Å². The van der Waals surface area contributed by atoms with E-state index in [4.69, 9.17) is 5.11 Å².